The number of carbonyl (C=O) groups is 2. The zero-order chi connectivity index (χ0) is 16.0. The Bertz CT molecular complexity index is 472. The number of carboxylic acid groups (broad SMARTS) is 1. The Morgan fingerprint density at radius 1 is 1.33 bits per heavy atom. The molecule has 8 nitrogen and oxygen atoms in total. The van der Waals surface area contributed by atoms with Crippen molar-refractivity contribution >= 4 is 21.8 Å². The Labute approximate surface area is 124 Å². The molecule has 0 bridgehead atoms. The van der Waals surface area contributed by atoms with E-state index in [0.29, 0.717) is 13.0 Å². The molecule has 0 aliphatic carbocycles. The topological polar surface area (TPSA) is 115 Å². The van der Waals surface area contributed by atoms with Gasteiger partial charge in [0.2, 0.25) is 0 Å². The number of carboxylic acids is 1. The van der Waals surface area contributed by atoms with Crippen molar-refractivity contribution in [3.63, 3.8) is 0 Å². The lowest BCUT2D eigenvalue weighted by Gasteiger charge is -2.38. The van der Waals surface area contributed by atoms with Gasteiger partial charge in [-0.2, -0.15) is 0 Å². The molecule has 1 fully saturated rings. The summed E-state index contributed by atoms with van der Waals surface area (Å²) in [5.41, 5.74) is 0. The van der Waals surface area contributed by atoms with Crippen LogP contribution < -0.4 is 0 Å². The third kappa shape index (κ3) is 5.16. The second-order valence-electron chi connectivity index (χ2n) is 5.05. The first-order chi connectivity index (χ1) is 9.80. The predicted molar refractivity (Wildman–Crippen MR) is 75.7 cm³/mol. The van der Waals surface area contributed by atoms with E-state index in [1.165, 1.54) is 9.80 Å². The third-order valence-corrected chi connectivity index (χ3v) is 5.02. The molecule has 1 aliphatic heterocycles. The third-order valence-electron chi connectivity index (χ3n) is 3.32. The van der Waals surface area contributed by atoms with E-state index in [1.807, 2.05) is 6.92 Å². The Morgan fingerprint density at radius 3 is 2.52 bits per heavy atom. The number of hydrogen-bond acceptors (Lipinski definition) is 5. The Morgan fingerprint density at radius 2 is 2.00 bits per heavy atom. The normalized spacial score (nSPS) is 21.0. The molecule has 1 atom stereocenters. The molecule has 0 radical (unpaired) electrons. The minimum absolute atomic E-state index is 0.00917. The first-order valence-electron chi connectivity index (χ1n) is 6.89. The van der Waals surface area contributed by atoms with Crippen molar-refractivity contribution in [3.05, 3.63) is 0 Å². The van der Waals surface area contributed by atoms with Gasteiger partial charge in [-0.3, -0.25) is 4.79 Å². The molecule has 122 valence electrons. The van der Waals surface area contributed by atoms with Gasteiger partial charge < -0.3 is 20.0 Å². The average Bonchev–Trinajstić information content (AvgIpc) is 2.36. The van der Waals surface area contributed by atoms with Gasteiger partial charge in [0.25, 0.3) is 0 Å². The summed E-state index contributed by atoms with van der Waals surface area (Å²) in [6.45, 7) is 2.26. The highest BCUT2D eigenvalue weighted by Gasteiger charge is 2.36. The highest BCUT2D eigenvalue weighted by molar-refractivity contribution is 7.91. The lowest BCUT2D eigenvalue weighted by Crippen LogP contribution is -2.56. The molecule has 9 heteroatoms. The summed E-state index contributed by atoms with van der Waals surface area (Å²) in [5.74, 6) is -1.63. The van der Waals surface area contributed by atoms with Crippen LogP contribution in [0.1, 0.15) is 19.8 Å². The Balaban J connectivity index is 2.89. The summed E-state index contributed by atoms with van der Waals surface area (Å²) in [4.78, 5) is 26.0. The predicted octanol–water partition coefficient (Wildman–Crippen LogP) is -0.616. The fourth-order valence-corrected chi connectivity index (χ4v) is 3.91. The molecule has 1 rings (SSSR count). The number of nitrogens with zero attached hydrogens (tertiary/aromatic N) is 2. The fourth-order valence-electron chi connectivity index (χ4n) is 2.38. The van der Waals surface area contributed by atoms with Crippen LogP contribution in [-0.4, -0.2) is 84.2 Å². The molecule has 1 heterocycles. The van der Waals surface area contributed by atoms with Crippen molar-refractivity contribution < 1.29 is 28.2 Å². The summed E-state index contributed by atoms with van der Waals surface area (Å²) < 4.78 is 23.3. The number of sulfone groups is 1. The van der Waals surface area contributed by atoms with Gasteiger partial charge in [0.1, 0.15) is 0 Å². The van der Waals surface area contributed by atoms with E-state index >= 15 is 0 Å². The van der Waals surface area contributed by atoms with E-state index in [-0.39, 0.29) is 31.2 Å². The summed E-state index contributed by atoms with van der Waals surface area (Å²) >= 11 is 0. The first kappa shape index (κ1) is 17.7. The van der Waals surface area contributed by atoms with Crippen LogP contribution in [0.5, 0.6) is 0 Å². The maximum absolute atomic E-state index is 12.4. The van der Waals surface area contributed by atoms with Crippen molar-refractivity contribution in [2.45, 2.75) is 25.8 Å². The van der Waals surface area contributed by atoms with Crippen LogP contribution in [0.4, 0.5) is 4.79 Å². The van der Waals surface area contributed by atoms with Crippen LogP contribution in [0.15, 0.2) is 0 Å². The number of amides is 2. The highest BCUT2D eigenvalue weighted by atomic mass is 32.2. The quantitative estimate of drug-likeness (QED) is 0.674. The van der Waals surface area contributed by atoms with Crippen LogP contribution >= 0.6 is 0 Å². The Hall–Kier alpha value is -1.35. The smallest absolute Gasteiger partial charge is 0.320 e. The number of carbonyl (C=O) groups excluding carboxylic acids is 1. The molecule has 21 heavy (non-hydrogen) atoms. The van der Waals surface area contributed by atoms with Gasteiger partial charge in [-0.05, 0) is 6.42 Å². The second-order valence-corrected chi connectivity index (χ2v) is 7.28. The molecule has 0 aromatic rings. The molecule has 0 aromatic heterocycles. The van der Waals surface area contributed by atoms with Gasteiger partial charge in [0.15, 0.2) is 9.84 Å². The highest BCUT2D eigenvalue weighted by Crippen LogP contribution is 2.17. The number of aliphatic hydroxyl groups is 1. The molecular weight excluding hydrogens is 300 g/mol. The molecule has 0 spiro atoms. The van der Waals surface area contributed by atoms with Crippen molar-refractivity contribution in [1.29, 1.82) is 0 Å². The first-order valence-corrected chi connectivity index (χ1v) is 8.71. The van der Waals surface area contributed by atoms with Gasteiger partial charge in [-0.25, -0.2) is 13.2 Å². The maximum atomic E-state index is 12.4. The number of hydrogen-bond donors (Lipinski definition) is 2. The molecule has 1 unspecified atom stereocenters. The number of aliphatic hydroxyl groups excluding tert-OH is 1. The van der Waals surface area contributed by atoms with E-state index < -0.39 is 34.3 Å². The van der Waals surface area contributed by atoms with Gasteiger partial charge in [0.05, 0.1) is 30.6 Å². The Kier molecular flexibility index (Phi) is 6.41. The number of urea groups is 1. The van der Waals surface area contributed by atoms with Gasteiger partial charge >= 0.3 is 12.0 Å². The van der Waals surface area contributed by atoms with Gasteiger partial charge in [-0.15, -0.1) is 0 Å². The average molecular weight is 322 g/mol. The molecule has 0 saturated carbocycles. The summed E-state index contributed by atoms with van der Waals surface area (Å²) in [6, 6.07) is -1.26. The second kappa shape index (κ2) is 7.60. The SMILES string of the molecule is CCCN(CCO)C(=O)N1CCS(=O)(=O)CC1CC(=O)O. The molecule has 1 saturated heterocycles. The molecule has 2 amide bonds. The van der Waals surface area contributed by atoms with Crippen LogP contribution in [0, 0.1) is 0 Å². The van der Waals surface area contributed by atoms with Crippen molar-refractivity contribution in [2.24, 2.45) is 0 Å². The van der Waals surface area contributed by atoms with Gasteiger partial charge in [-0.1, -0.05) is 6.92 Å². The molecule has 0 aromatic carbocycles. The minimum atomic E-state index is -3.32. The summed E-state index contributed by atoms with van der Waals surface area (Å²) in [6.07, 6.45) is 0.297. The van der Waals surface area contributed by atoms with Crippen LogP contribution in [0.25, 0.3) is 0 Å². The standard InChI is InChI=1S/C12H22N2O6S/c1-2-3-13(4-6-15)12(18)14-5-7-21(19,20)9-10(14)8-11(16)17/h10,15H,2-9H2,1H3,(H,16,17). The van der Waals surface area contributed by atoms with E-state index in [9.17, 15) is 18.0 Å². The van der Waals surface area contributed by atoms with Gasteiger partial charge in [0, 0.05) is 19.6 Å². The monoisotopic (exact) mass is 322 g/mol. The van der Waals surface area contributed by atoms with Crippen molar-refractivity contribution in [1.82, 2.24) is 9.80 Å². The van der Waals surface area contributed by atoms with E-state index in [0.717, 1.165) is 0 Å². The fraction of sp³-hybridized carbons (Fsp3) is 0.833. The maximum Gasteiger partial charge on any atom is 0.320 e. The largest absolute Gasteiger partial charge is 0.481 e. The van der Waals surface area contributed by atoms with Crippen molar-refractivity contribution in [3.8, 4) is 0 Å². The lowest BCUT2D eigenvalue weighted by molar-refractivity contribution is -0.138. The zero-order valence-corrected chi connectivity index (χ0v) is 12.9. The van der Waals surface area contributed by atoms with E-state index in [2.05, 4.69) is 0 Å². The lowest BCUT2D eigenvalue weighted by atomic mass is 10.2. The van der Waals surface area contributed by atoms with E-state index in [1.54, 1.807) is 0 Å². The van der Waals surface area contributed by atoms with Crippen LogP contribution in [-0.2, 0) is 14.6 Å². The van der Waals surface area contributed by atoms with Crippen LogP contribution in [0.2, 0.25) is 0 Å². The molecule has 1 aliphatic rings. The van der Waals surface area contributed by atoms with Crippen molar-refractivity contribution in [2.75, 3.05) is 37.7 Å². The summed E-state index contributed by atoms with van der Waals surface area (Å²) in [7, 11) is -3.32. The zero-order valence-electron chi connectivity index (χ0n) is 12.1. The molecule has 2 N–H and O–H groups in total. The van der Waals surface area contributed by atoms with Crippen LogP contribution in [0.3, 0.4) is 0 Å². The summed E-state index contributed by atoms with van der Waals surface area (Å²) in [5, 5.41) is 17.9. The number of aliphatic carboxylic acids is 1. The van der Waals surface area contributed by atoms with E-state index in [4.69, 9.17) is 10.2 Å². The molecular formula is C12H22N2O6S. The minimum Gasteiger partial charge on any atom is -0.481 e. The number of rotatable bonds is 6.